The molecule has 1 atom stereocenters. The van der Waals surface area contributed by atoms with Crippen LogP contribution in [0.4, 0.5) is 0 Å². The molecule has 0 aromatic heterocycles. The molecule has 2 heteroatoms. The maximum absolute atomic E-state index is 12.4. The number of hydrogen-bond acceptors (Lipinski definition) is 2. The van der Waals surface area contributed by atoms with Crippen LogP contribution >= 0.6 is 0 Å². The minimum atomic E-state index is 0.271. The molecule has 1 aliphatic heterocycles. The average molecular weight is 245 g/mol. The molecule has 1 unspecified atom stereocenters. The highest BCUT2D eigenvalue weighted by atomic mass is 16.1. The maximum atomic E-state index is 12.4. The lowest BCUT2D eigenvalue weighted by Crippen LogP contribution is -2.34. The van der Waals surface area contributed by atoms with Crippen molar-refractivity contribution < 1.29 is 4.79 Å². The SMILES string of the molecule is CCC1CCCN1CC(=O)c1ccc(C)cc1C. The number of rotatable bonds is 4. The number of nitrogens with zero attached hydrogens (tertiary/aromatic N) is 1. The number of aryl methyl sites for hydroxylation is 2. The van der Waals surface area contributed by atoms with Crippen LogP contribution < -0.4 is 0 Å². The van der Waals surface area contributed by atoms with Crippen molar-refractivity contribution >= 4 is 5.78 Å². The fourth-order valence-corrected chi connectivity index (χ4v) is 2.96. The number of benzene rings is 1. The second-order valence-corrected chi connectivity index (χ2v) is 5.42. The molecule has 0 aliphatic carbocycles. The Morgan fingerprint density at radius 2 is 2.17 bits per heavy atom. The van der Waals surface area contributed by atoms with Crippen molar-refractivity contribution in [3.63, 3.8) is 0 Å². The third-order valence-corrected chi connectivity index (χ3v) is 4.00. The second kappa shape index (κ2) is 5.66. The summed E-state index contributed by atoms with van der Waals surface area (Å²) in [7, 11) is 0. The Bertz CT molecular complexity index is 439. The first-order chi connectivity index (χ1) is 8.61. The molecule has 1 saturated heterocycles. The van der Waals surface area contributed by atoms with Crippen molar-refractivity contribution in [3.8, 4) is 0 Å². The van der Waals surface area contributed by atoms with Crippen molar-refractivity contribution in [1.82, 2.24) is 4.90 Å². The Morgan fingerprint density at radius 3 is 2.83 bits per heavy atom. The van der Waals surface area contributed by atoms with E-state index in [1.54, 1.807) is 0 Å². The van der Waals surface area contributed by atoms with Crippen molar-refractivity contribution in [2.24, 2.45) is 0 Å². The zero-order valence-electron chi connectivity index (χ0n) is 11.7. The van der Waals surface area contributed by atoms with Crippen LogP contribution in [-0.2, 0) is 0 Å². The standard InChI is InChI=1S/C16H23NO/c1-4-14-6-5-9-17(14)11-16(18)15-8-7-12(2)10-13(15)3/h7-8,10,14H,4-6,9,11H2,1-3H3. The van der Waals surface area contributed by atoms with Crippen molar-refractivity contribution in [2.75, 3.05) is 13.1 Å². The van der Waals surface area contributed by atoms with E-state index in [0.29, 0.717) is 12.6 Å². The molecule has 18 heavy (non-hydrogen) atoms. The summed E-state index contributed by atoms with van der Waals surface area (Å²) < 4.78 is 0. The highest BCUT2D eigenvalue weighted by Gasteiger charge is 2.25. The molecule has 0 N–H and O–H groups in total. The predicted octanol–water partition coefficient (Wildman–Crippen LogP) is 3.36. The number of ketones is 1. The molecule has 2 rings (SSSR count). The lowest BCUT2D eigenvalue weighted by Gasteiger charge is -2.22. The Morgan fingerprint density at radius 1 is 1.39 bits per heavy atom. The molecule has 1 fully saturated rings. The normalized spacial score (nSPS) is 20.3. The number of Topliss-reactive ketones (excluding diaryl/α,β-unsaturated/α-hetero) is 1. The topological polar surface area (TPSA) is 20.3 Å². The summed E-state index contributed by atoms with van der Waals surface area (Å²) in [5.74, 6) is 0.271. The van der Waals surface area contributed by atoms with Crippen LogP contribution in [0.1, 0.15) is 47.7 Å². The number of carbonyl (C=O) groups is 1. The third-order valence-electron chi connectivity index (χ3n) is 4.00. The Balaban J connectivity index is 2.07. The highest BCUT2D eigenvalue weighted by molar-refractivity contribution is 5.99. The molecule has 0 spiro atoms. The number of carbonyl (C=O) groups excluding carboxylic acids is 1. The van der Waals surface area contributed by atoms with E-state index < -0.39 is 0 Å². The molecule has 0 radical (unpaired) electrons. The van der Waals surface area contributed by atoms with Gasteiger partial charge in [-0.15, -0.1) is 0 Å². The number of hydrogen-bond donors (Lipinski definition) is 0. The van der Waals surface area contributed by atoms with E-state index in [4.69, 9.17) is 0 Å². The zero-order valence-corrected chi connectivity index (χ0v) is 11.7. The average Bonchev–Trinajstić information content (AvgIpc) is 2.76. The van der Waals surface area contributed by atoms with Gasteiger partial charge in [-0.3, -0.25) is 9.69 Å². The van der Waals surface area contributed by atoms with Gasteiger partial charge in [0.25, 0.3) is 0 Å². The summed E-state index contributed by atoms with van der Waals surface area (Å²) >= 11 is 0. The van der Waals surface area contributed by atoms with E-state index in [-0.39, 0.29) is 5.78 Å². The molecule has 1 aromatic carbocycles. The van der Waals surface area contributed by atoms with E-state index in [9.17, 15) is 4.79 Å². The first kappa shape index (κ1) is 13.3. The monoisotopic (exact) mass is 245 g/mol. The van der Waals surface area contributed by atoms with E-state index >= 15 is 0 Å². The summed E-state index contributed by atoms with van der Waals surface area (Å²) in [5, 5.41) is 0. The molecule has 98 valence electrons. The van der Waals surface area contributed by atoms with Crippen molar-refractivity contribution in [2.45, 2.75) is 46.1 Å². The molecule has 0 amide bonds. The van der Waals surface area contributed by atoms with E-state index in [1.807, 2.05) is 19.1 Å². The van der Waals surface area contributed by atoms with Crippen LogP contribution in [0, 0.1) is 13.8 Å². The Hall–Kier alpha value is -1.15. The Labute approximate surface area is 110 Å². The molecule has 2 nitrogen and oxygen atoms in total. The van der Waals surface area contributed by atoms with Crippen LogP contribution in [0.5, 0.6) is 0 Å². The van der Waals surface area contributed by atoms with Crippen molar-refractivity contribution in [1.29, 1.82) is 0 Å². The lowest BCUT2D eigenvalue weighted by molar-refractivity contribution is 0.0919. The van der Waals surface area contributed by atoms with Gasteiger partial charge in [0.2, 0.25) is 0 Å². The fraction of sp³-hybridized carbons (Fsp3) is 0.562. The first-order valence-corrected chi connectivity index (χ1v) is 6.96. The Kier molecular flexibility index (Phi) is 4.18. The molecule has 0 bridgehead atoms. The van der Waals surface area contributed by atoms with E-state index in [1.165, 1.54) is 18.4 Å². The molecule has 1 aliphatic rings. The second-order valence-electron chi connectivity index (χ2n) is 5.42. The van der Waals surface area contributed by atoms with Crippen molar-refractivity contribution in [3.05, 3.63) is 34.9 Å². The largest absolute Gasteiger partial charge is 0.293 e. The van der Waals surface area contributed by atoms with Crippen LogP contribution in [-0.4, -0.2) is 29.8 Å². The van der Waals surface area contributed by atoms with Crippen LogP contribution in [0.2, 0.25) is 0 Å². The van der Waals surface area contributed by atoms with E-state index in [2.05, 4.69) is 24.8 Å². The summed E-state index contributed by atoms with van der Waals surface area (Å²) in [4.78, 5) is 14.7. The quantitative estimate of drug-likeness (QED) is 0.758. The highest BCUT2D eigenvalue weighted by Crippen LogP contribution is 2.20. The van der Waals surface area contributed by atoms with Gasteiger partial charge in [0.05, 0.1) is 6.54 Å². The smallest absolute Gasteiger partial charge is 0.177 e. The fourth-order valence-electron chi connectivity index (χ4n) is 2.96. The zero-order chi connectivity index (χ0) is 13.1. The van der Waals surface area contributed by atoms with Gasteiger partial charge < -0.3 is 0 Å². The summed E-state index contributed by atoms with van der Waals surface area (Å²) in [6.45, 7) is 7.97. The van der Waals surface area contributed by atoms with E-state index in [0.717, 1.165) is 24.1 Å². The van der Waals surface area contributed by atoms with Gasteiger partial charge in [-0.1, -0.05) is 30.7 Å². The van der Waals surface area contributed by atoms with Gasteiger partial charge >= 0.3 is 0 Å². The van der Waals surface area contributed by atoms with Gasteiger partial charge in [-0.05, 0) is 45.2 Å². The van der Waals surface area contributed by atoms with Crippen LogP contribution in [0.3, 0.4) is 0 Å². The molecular weight excluding hydrogens is 222 g/mol. The van der Waals surface area contributed by atoms with Gasteiger partial charge in [-0.2, -0.15) is 0 Å². The molecule has 0 saturated carbocycles. The summed E-state index contributed by atoms with van der Waals surface area (Å²) in [5.41, 5.74) is 3.21. The van der Waals surface area contributed by atoms with Gasteiger partial charge in [0.1, 0.15) is 0 Å². The number of likely N-dealkylation sites (tertiary alicyclic amines) is 1. The van der Waals surface area contributed by atoms with Crippen LogP contribution in [0.15, 0.2) is 18.2 Å². The summed E-state index contributed by atoms with van der Waals surface area (Å²) in [6.07, 6.45) is 3.63. The van der Waals surface area contributed by atoms with Gasteiger partial charge in [0.15, 0.2) is 5.78 Å². The lowest BCUT2D eigenvalue weighted by atomic mass is 10.0. The maximum Gasteiger partial charge on any atom is 0.177 e. The summed E-state index contributed by atoms with van der Waals surface area (Å²) in [6, 6.07) is 6.71. The van der Waals surface area contributed by atoms with Crippen LogP contribution in [0.25, 0.3) is 0 Å². The van der Waals surface area contributed by atoms with Gasteiger partial charge in [0, 0.05) is 11.6 Å². The molecule has 1 aromatic rings. The molecule has 1 heterocycles. The minimum absolute atomic E-state index is 0.271. The van der Waals surface area contributed by atoms with Gasteiger partial charge in [-0.25, -0.2) is 0 Å². The minimum Gasteiger partial charge on any atom is -0.293 e. The first-order valence-electron chi connectivity index (χ1n) is 6.96. The third kappa shape index (κ3) is 2.81. The predicted molar refractivity (Wildman–Crippen MR) is 75.1 cm³/mol. The molecular formula is C16H23NO.